The molecule has 1 heterocycles. The van der Waals surface area contributed by atoms with Gasteiger partial charge in [0.05, 0.1) is 11.1 Å². The Labute approximate surface area is 217 Å². The number of benzene rings is 4. The van der Waals surface area contributed by atoms with E-state index in [9.17, 15) is 17.6 Å². The van der Waals surface area contributed by atoms with Crippen molar-refractivity contribution in [1.82, 2.24) is 4.98 Å². The maximum atomic E-state index is 14.3. The predicted molar refractivity (Wildman–Crippen MR) is 140 cm³/mol. The van der Waals surface area contributed by atoms with Gasteiger partial charge in [-0.15, -0.1) is 6.42 Å². The molecule has 0 aliphatic carbocycles. The van der Waals surface area contributed by atoms with Crippen molar-refractivity contribution in [2.45, 2.75) is 19.2 Å². The quantitative estimate of drug-likeness (QED) is 0.169. The number of alkyl halides is 3. The molecule has 0 fully saturated rings. The molecule has 4 aromatic carbocycles. The molecule has 2 nitrogen and oxygen atoms in total. The number of nitrogens with zero attached hydrogens (tertiary/aromatic N) is 1. The smallest absolute Gasteiger partial charge is 0.418 e. The molecular formula is C32H21F4NO. The minimum atomic E-state index is -4.55. The average Bonchev–Trinajstić information content (AvgIpc) is 2.92. The fourth-order valence-electron chi connectivity index (χ4n) is 4.46. The van der Waals surface area contributed by atoms with Gasteiger partial charge >= 0.3 is 6.18 Å². The first-order valence-electron chi connectivity index (χ1n) is 11.8. The summed E-state index contributed by atoms with van der Waals surface area (Å²) in [5.74, 6) is 2.47. The van der Waals surface area contributed by atoms with Crippen molar-refractivity contribution in [3.8, 4) is 29.2 Å². The van der Waals surface area contributed by atoms with Crippen molar-refractivity contribution < 1.29 is 22.3 Å². The molecule has 0 N–H and O–H groups in total. The van der Waals surface area contributed by atoms with E-state index in [2.05, 4.69) is 10.9 Å². The van der Waals surface area contributed by atoms with Gasteiger partial charge < -0.3 is 4.74 Å². The van der Waals surface area contributed by atoms with E-state index in [4.69, 9.17) is 11.2 Å². The van der Waals surface area contributed by atoms with Crippen LogP contribution in [-0.2, 0) is 19.2 Å². The van der Waals surface area contributed by atoms with E-state index in [1.807, 2.05) is 36.4 Å². The number of para-hydroxylation sites is 1. The molecule has 5 aromatic rings. The molecule has 38 heavy (non-hydrogen) atoms. The van der Waals surface area contributed by atoms with Crippen LogP contribution in [0.1, 0.15) is 27.8 Å². The van der Waals surface area contributed by atoms with Gasteiger partial charge in [0.1, 0.15) is 18.2 Å². The highest BCUT2D eigenvalue weighted by Crippen LogP contribution is 2.39. The molecule has 0 saturated carbocycles. The highest BCUT2D eigenvalue weighted by molar-refractivity contribution is 5.98. The molecule has 0 amide bonds. The van der Waals surface area contributed by atoms with Crippen molar-refractivity contribution in [2.24, 2.45) is 0 Å². The number of halogens is 4. The first-order valence-corrected chi connectivity index (χ1v) is 11.8. The van der Waals surface area contributed by atoms with Gasteiger partial charge in [-0.25, -0.2) is 4.39 Å². The lowest BCUT2D eigenvalue weighted by Crippen LogP contribution is -2.07. The maximum Gasteiger partial charge on any atom is 0.418 e. The van der Waals surface area contributed by atoms with Crippen molar-refractivity contribution in [2.75, 3.05) is 0 Å². The van der Waals surface area contributed by atoms with Crippen molar-refractivity contribution in [3.63, 3.8) is 0 Å². The van der Waals surface area contributed by atoms with E-state index in [0.29, 0.717) is 39.8 Å². The molecule has 0 aliphatic heterocycles. The van der Waals surface area contributed by atoms with Crippen LogP contribution in [0.5, 0.6) is 5.75 Å². The third-order valence-electron chi connectivity index (χ3n) is 6.25. The van der Waals surface area contributed by atoms with E-state index in [1.165, 1.54) is 24.4 Å². The van der Waals surface area contributed by atoms with Crippen LogP contribution < -0.4 is 4.74 Å². The monoisotopic (exact) mass is 511 g/mol. The molecule has 6 heteroatoms. The summed E-state index contributed by atoms with van der Waals surface area (Å²) in [7, 11) is 0. The lowest BCUT2D eigenvalue weighted by atomic mass is 9.92. The van der Waals surface area contributed by atoms with E-state index in [1.54, 1.807) is 30.3 Å². The van der Waals surface area contributed by atoms with Gasteiger partial charge in [0.2, 0.25) is 0 Å². The molecule has 1 aromatic heterocycles. The van der Waals surface area contributed by atoms with Crippen LogP contribution in [0.4, 0.5) is 17.6 Å². The molecule has 0 bridgehead atoms. The SMILES string of the molecule is C#Cc1ccc(F)c(COc2cccc(-c3c(Cc4ccccc4)cnc4c(C(F)(F)F)cccc34)c2)c1. The van der Waals surface area contributed by atoms with E-state index >= 15 is 0 Å². The number of ether oxygens (including phenoxy) is 1. The molecule has 188 valence electrons. The topological polar surface area (TPSA) is 22.1 Å². The van der Waals surface area contributed by atoms with Gasteiger partial charge in [-0.3, -0.25) is 4.98 Å². The highest BCUT2D eigenvalue weighted by atomic mass is 19.4. The third-order valence-corrected chi connectivity index (χ3v) is 6.25. The molecule has 5 rings (SSSR count). The second-order valence-corrected chi connectivity index (χ2v) is 8.79. The van der Waals surface area contributed by atoms with Crippen LogP contribution in [0.15, 0.2) is 97.2 Å². The zero-order valence-corrected chi connectivity index (χ0v) is 20.1. The van der Waals surface area contributed by atoms with E-state index in [0.717, 1.165) is 17.2 Å². The number of hydrogen-bond donors (Lipinski definition) is 0. The predicted octanol–water partition coefficient (Wildman–Crippen LogP) is 8.21. The molecule has 0 spiro atoms. The summed E-state index contributed by atoms with van der Waals surface area (Å²) in [4.78, 5) is 4.25. The summed E-state index contributed by atoms with van der Waals surface area (Å²) in [5.41, 5.74) is 3.00. The van der Waals surface area contributed by atoms with Gasteiger partial charge in [-0.2, -0.15) is 13.2 Å². The highest BCUT2D eigenvalue weighted by Gasteiger charge is 2.33. The summed E-state index contributed by atoms with van der Waals surface area (Å²) < 4.78 is 61.6. The Balaban J connectivity index is 1.59. The zero-order chi connectivity index (χ0) is 26.7. The van der Waals surface area contributed by atoms with Crippen LogP contribution in [-0.4, -0.2) is 4.98 Å². The zero-order valence-electron chi connectivity index (χ0n) is 20.1. The summed E-state index contributed by atoms with van der Waals surface area (Å²) in [6.45, 7) is -0.0585. The Hall–Kier alpha value is -4.63. The molecule has 0 atom stereocenters. The van der Waals surface area contributed by atoms with Gasteiger partial charge in [0.15, 0.2) is 0 Å². The lowest BCUT2D eigenvalue weighted by molar-refractivity contribution is -0.136. The number of aromatic nitrogens is 1. The van der Waals surface area contributed by atoms with Crippen molar-refractivity contribution in [3.05, 3.63) is 131 Å². The maximum absolute atomic E-state index is 14.3. The Morgan fingerprint density at radius 2 is 1.63 bits per heavy atom. The Kier molecular flexibility index (Phi) is 6.85. The first kappa shape index (κ1) is 25.0. The molecule has 0 radical (unpaired) electrons. The van der Waals surface area contributed by atoms with Crippen LogP contribution in [0, 0.1) is 18.2 Å². The van der Waals surface area contributed by atoms with Crippen LogP contribution in [0.2, 0.25) is 0 Å². The molecular weight excluding hydrogens is 490 g/mol. The number of pyridine rings is 1. The third kappa shape index (κ3) is 5.23. The largest absolute Gasteiger partial charge is 0.489 e. The summed E-state index contributed by atoms with van der Waals surface area (Å²) in [6, 6.07) is 25.1. The fourth-order valence-corrected chi connectivity index (χ4v) is 4.46. The molecule has 0 unspecified atom stereocenters. The second kappa shape index (κ2) is 10.4. The average molecular weight is 512 g/mol. The lowest BCUT2D eigenvalue weighted by Gasteiger charge is -2.17. The molecule has 0 saturated heterocycles. The van der Waals surface area contributed by atoms with Crippen LogP contribution >= 0.6 is 0 Å². The Morgan fingerprint density at radius 1 is 0.842 bits per heavy atom. The van der Waals surface area contributed by atoms with Crippen LogP contribution in [0.3, 0.4) is 0 Å². The standard InChI is InChI=1S/C32H21F4NO/c1-2-21-14-15-29(33)25(16-21)20-38-26-11-6-10-23(18-26)30-24(17-22-8-4-3-5-9-22)19-37-31-27(30)12-7-13-28(31)32(34,35)36/h1,3-16,18-19H,17,20H2. The summed E-state index contributed by atoms with van der Waals surface area (Å²) >= 11 is 0. The summed E-state index contributed by atoms with van der Waals surface area (Å²) in [5, 5.41) is 0.387. The normalized spacial score (nSPS) is 11.3. The van der Waals surface area contributed by atoms with E-state index in [-0.39, 0.29) is 12.1 Å². The fraction of sp³-hybridized carbons (Fsp3) is 0.0938. The van der Waals surface area contributed by atoms with Crippen molar-refractivity contribution in [1.29, 1.82) is 0 Å². The van der Waals surface area contributed by atoms with Gasteiger partial charge in [0, 0.05) is 22.7 Å². The van der Waals surface area contributed by atoms with Crippen molar-refractivity contribution >= 4 is 10.9 Å². The van der Waals surface area contributed by atoms with Gasteiger partial charge in [-0.1, -0.05) is 60.5 Å². The number of hydrogen-bond acceptors (Lipinski definition) is 2. The van der Waals surface area contributed by atoms with Crippen LogP contribution in [0.25, 0.3) is 22.0 Å². The number of terminal acetylenes is 1. The Bertz CT molecular complexity index is 1650. The minimum absolute atomic E-state index is 0.0585. The minimum Gasteiger partial charge on any atom is -0.489 e. The molecule has 0 aliphatic rings. The number of rotatable bonds is 6. The first-order chi connectivity index (χ1) is 18.3. The van der Waals surface area contributed by atoms with E-state index < -0.39 is 17.6 Å². The Morgan fingerprint density at radius 3 is 2.39 bits per heavy atom. The number of fused-ring (bicyclic) bond motifs is 1. The second-order valence-electron chi connectivity index (χ2n) is 8.79. The van der Waals surface area contributed by atoms with Gasteiger partial charge in [0.25, 0.3) is 0 Å². The summed E-state index contributed by atoms with van der Waals surface area (Å²) in [6.07, 6.45) is 2.86. The van der Waals surface area contributed by atoms with Gasteiger partial charge in [-0.05, 0) is 65.1 Å².